The van der Waals surface area contributed by atoms with Gasteiger partial charge >= 0.3 is 6.03 Å². The second kappa shape index (κ2) is 7.31. The van der Waals surface area contributed by atoms with Gasteiger partial charge in [0.2, 0.25) is 0 Å². The van der Waals surface area contributed by atoms with Crippen LogP contribution in [0, 0.1) is 0 Å². The van der Waals surface area contributed by atoms with E-state index in [0.29, 0.717) is 0 Å². The molecule has 3 aromatic rings. The van der Waals surface area contributed by atoms with Crippen molar-refractivity contribution in [2.24, 2.45) is 0 Å². The molecule has 0 aliphatic rings. The van der Waals surface area contributed by atoms with Gasteiger partial charge in [0, 0.05) is 30.0 Å². The van der Waals surface area contributed by atoms with Gasteiger partial charge in [-0.15, -0.1) is 11.3 Å². The van der Waals surface area contributed by atoms with E-state index in [4.69, 9.17) is 0 Å². The lowest BCUT2D eigenvalue weighted by Crippen LogP contribution is -2.33. The van der Waals surface area contributed by atoms with Gasteiger partial charge in [-0.2, -0.15) is 5.10 Å². The molecule has 0 aliphatic heterocycles. The van der Waals surface area contributed by atoms with Crippen molar-refractivity contribution in [3.8, 4) is 0 Å². The minimum Gasteiger partial charge on any atom is -0.320 e. The van der Waals surface area contributed by atoms with Crippen molar-refractivity contribution < 1.29 is 4.79 Å². The number of anilines is 1. The summed E-state index contributed by atoms with van der Waals surface area (Å²) in [5, 5.41) is 9.15. The fraction of sp³-hybridized carbons (Fsp3) is 0.222. The number of urea groups is 1. The van der Waals surface area contributed by atoms with E-state index in [1.807, 2.05) is 72.7 Å². The van der Waals surface area contributed by atoms with Gasteiger partial charge in [-0.3, -0.25) is 4.68 Å². The number of hydrogen-bond acceptors (Lipinski definition) is 3. The number of hydrogen-bond donors (Lipinski definition) is 1. The SMILES string of the molecule is C[C@@H](c1cccs1)N(C)C(=O)Nc1ccc(Cn2cccn2)cc1. The van der Waals surface area contributed by atoms with Gasteiger partial charge in [0.1, 0.15) is 0 Å². The maximum absolute atomic E-state index is 12.4. The summed E-state index contributed by atoms with van der Waals surface area (Å²) in [6.07, 6.45) is 3.69. The van der Waals surface area contributed by atoms with E-state index in [-0.39, 0.29) is 12.1 Å². The molecular weight excluding hydrogens is 320 g/mol. The smallest absolute Gasteiger partial charge is 0.320 e. The van der Waals surface area contributed by atoms with E-state index in [1.54, 1.807) is 22.4 Å². The Balaban J connectivity index is 1.60. The number of benzene rings is 1. The van der Waals surface area contributed by atoms with E-state index < -0.39 is 0 Å². The Bertz CT molecular complexity index is 766. The highest BCUT2D eigenvalue weighted by Crippen LogP contribution is 2.24. The molecule has 0 fully saturated rings. The average Bonchev–Trinajstić information content (AvgIpc) is 3.28. The van der Waals surface area contributed by atoms with Crippen LogP contribution in [0.5, 0.6) is 0 Å². The van der Waals surface area contributed by atoms with Crippen molar-refractivity contribution in [3.63, 3.8) is 0 Å². The zero-order valence-corrected chi connectivity index (χ0v) is 14.5. The molecule has 6 heteroatoms. The van der Waals surface area contributed by atoms with Crippen LogP contribution >= 0.6 is 11.3 Å². The van der Waals surface area contributed by atoms with Crippen LogP contribution in [-0.2, 0) is 6.54 Å². The molecule has 0 saturated heterocycles. The minimum absolute atomic E-state index is 0.0455. The maximum Gasteiger partial charge on any atom is 0.322 e. The summed E-state index contributed by atoms with van der Waals surface area (Å²) in [5.74, 6) is 0. The Hall–Kier alpha value is -2.60. The van der Waals surface area contributed by atoms with Crippen molar-refractivity contribution in [2.45, 2.75) is 19.5 Å². The van der Waals surface area contributed by atoms with Crippen LogP contribution in [0.15, 0.2) is 60.2 Å². The summed E-state index contributed by atoms with van der Waals surface area (Å²) in [6, 6.07) is 13.7. The molecule has 0 bridgehead atoms. The third-order valence-corrected chi connectivity index (χ3v) is 5.01. The number of thiophene rings is 1. The topological polar surface area (TPSA) is 50.2 Å². The zero-order valence-electron chi connectivity index (χ0n) is 13.7. The van der Waals surface area contributed by atoms with Gasteiger partial charge in [0.25, 0.3) is 0 Å². The van der Waals surface area contributed by atoms with E-state index in [0.717, 1.165) is 17.8 Å². The summed E-state index contributed by atoms with van der Waals surface area (Å²) in [4.78, 5) is 15.3. The molecule has 1 atom stereocenters. The number of nitrogens with one attached hydrogen (secondary N) is 1. The quantitative estimate of drug-likeness (QED) is 0.756. The van der Waals surface area contributed by atoms with Crippen molar-refractivity contribution in [1.29, 1.82) is 0 Å². The highest BCUT2D eigenvalue weighted by molar-refractivity contribution is 7.10. The standard InChI is InChI=1S/C18H20N4OS/c1-14(17-5-3-12-24-17)21(2)18(23)20-16-8-6-15(7-9-16)13-22-11-4-10-19-22/h3-12,14H,13H2,1-2H3,(H,20,23)/t14-/m0/s1. The highest BCUT2D eigenvalue weighted by Gasteiger charge is 2.18. The number of carbonyl (C=O) groups is 1. The molecule has 2 heterocycles. The van der Waals surface area contributed by atoms with Crippen LogP contribution in [0.4, 0.5) is 10.5 Å². The number of rotatable bonds is 5. The largest absolute Gasteiger partial charge is 0.322 e. The van der Waals surface area contributed by atoms with E-state index in [9.17, 15) is 4.79 Å². The van der Waals surface area contributed by atoms with Gasteiger partial charge in [-0.25, -0.2) is 4.79 Å². The molecule has 124 valence electrons. The predicted octanol–water partition coefficient (Wildman–Crippen LogP) is 4.22. The Morgan fingerprint density at radius 2 is 2.08 bits per heavy atom. The molecule has 0 aliphatic carbocycles. The Labute approximate surface area is 145 Å². The van der Waals surface area contributed by atoms with Crippen molar-refractivity contribution in [1.82, 2.24) is 14.7 Å². The Morgan fingerprint density at radius 3 is 2.71 bits per heavy atom. The lowest BCUT2D eigenvalue weighted by Gasteiger charge is -2.24. The van der Waals surface area contributed by atoms with Crippen LogP contribution in [0.2, 0.25) is 0 Å². The lowest BCUT2D eigenvalue weighted by atomic mass is 10.2. The molecule has 24 heavy (non-hydrogen) atoms. The molecule has 2 amide bonds. The maximum atomic E-state index is 12.4. The number of nitrogens with zero attached hydrogens (tertiary/aromatic N) is 3. The fourth-order valence-electron chi connectivity index (χ4n) is 2.38. The third-order valence-electron chi connectivity index (χ3n) is 3.97. The Morgan fingerprint density at radius 1 is 1.29 bits per heavy atom. The summed E-state index contributed by atoms with van der Waals surface area (Å²) in [7, 11) is 1.81. The molecule has 1 N–H and O–H groups in total. The first-order valence-corrected chi connectivity index (χ1v) is 8.65. The van der Waals surface area contributed by atoms with Crippen LogP contribution in [0.3, 0.4) is 0 Å². The number of amides is 2. The van der Waals surface area contributed by atoms with Gasteiger partial charge in [0.15, 0.2) is 0 Å². The first kappa shape index (κ1) is 16.3. The summed E-state index contributed by atoms with van der Waals surface area (Å²) in [5.41, 5.74) is 1.92. The van der Waals surface area contributed by atoms with E-state index in [1.165, 1.54) is 4.88 Å². The molecule has 1 aromatic carbocycles. The molecule has 5 nitrogen and oxygen atoms in total. The lowest BCUT2D eigenvalue weighted by molar-refractivity contribution is 0.209. The van der Waals surface area contributed by atoms with Gasteiger partial charge in [0.05, 0.1) is 12.6 Å². The van der Waals surface area contributed by atoms with Crippen LogP contribution in [0.1, 0.15) is 23.4 Å². The first-order valence-electron chi connectivity index (χ1n) is 7.77. The van der Waals surface area contributed by atoms with Crippen LogP contribution in [-0.4, -0.2) is 27.8 Å². The van der Waals surface area contributed by atoms with Gasteiger partial charge in [-0.05, 0) is 42.1 Å². The minimum atomic E-state index is -0.115. The molecule has 0 saturated carbocycles. The van der Waals surface area contributed by atoms with Gasteiger partial charge < -0.3 is 10.2 Å². The van der Waals surface area contributed by atoms with E-state index >= 15 is 0 Å². The number of aromatic nitrogens is 2. The molecule has 3 rings (SSSR count). The first-order chi connectivity index (χ1) is 11.6. The number of carbonyl (C=O) groups excluding carboxylic acids is 1. The monoisotopic (exact) mass is 340 g/mol. The van der Waals surface area contributed by atoms with E-state index in [2.05, 4.69) is 10.4 Å². The van der Waals surface area contributed by atoms with Crippen molar-refractivity contribution in [2.75, 3.05) is 12.4 Å². The molecule has 0 radical (unpaired) electrons. The Kier molecular flexibility index (Phi) is 4.96. The van der Waals surface area contributed by atoms with Gasteiger partial charge in [-0.1, -0.05) is 18.2 Å². The third kappa shape index (κ3) is 3.83. The summed E-state index contributed by atoms with van der Waals surface area (Å²) < 4.78 is 1.87. The normalized spacial score (nSPS) is 11.9. The van der Waals surface area contributed by atoms with Crippen molar-refractivity contribution >= 4 is 23.1 Å². The fourth-order valence-corrected chi connectivity index (χ4v) is 3.21. The predicted molar refractivity (Wildman–Crippen MR) is 97.3 cm³/mol. The molecule has 0 unspecified atom stereocenters. The second-order valence-corrected chi connectivity index (χ2v) is 6.61. The molecular formula is C18H20N4OS. The molecule has 0 spiro atoms. The van der Waals surface area contributed by atoms with Crippen LogP contribution in [0.25, 0.3) is 0 Å². The average molecular weight is 340 g/mol. The summed E-state index contributed by atoms with van der Waals surface area (Å²) in [6.45, 7) is 2.75. The molecule has 2 aromatic heterocycles. The summed E-state index contributed by atoms with van der Waals surface area (Å²) >= 11 is 1.66. The second-order valence-electron chi connectivity index (χ2n) is 5.63. The van der Waals surface area contributed by atoms with Crippen molar-refractivity contribution in [3.05, 3.63) is 70.7 Å². The highest BCUT2D eigenvalue weighted by atomic mass is 32.1. The zero-order chi connectivity index (χ0) is 16.9. The van der Waals surface area contributed by atoms with Crippen LogP contribution < -0.4 is 5.32 Å².